The van der Waals surface area contributed by atoms with Crippen molar-refractivity contribution in [1.82, 2.24) is 5.32 Å². The van der Waals surface area contributed by atoms with Crippen LogP contribution < -0.4 is 5.32 Å². The molecular formula is C10H19NO2. The Balaban J connectivity index is 2.33. The van der Waals surface area contributed by atoms with Gasteiger partial charge in [0.05, 0.1) is 6.10 Å². The van der Waals surface area contributed by atoms with Crippen molar-refractivity contribution >= 4 is 0 Å². The molecule has 1 aliphatic rings. The summed E-state index contributed by atoms with van der Waals surface area (Å²) in [6.45, 7) is 6.61. The lowest BCUT2D eigenvalue weighted by Crippen LogP contribution is -2.42. The van der Waals surface area contributed by atoms with Gasteiger partial charge in [-0.1, -0.05) is 6.08 Å². The third kappa shape index (κ3) is 3.46. The molecule has 1 aliphatic heterocycles. The minimum atomic E-state index is -0.0499. The van der Waals surface area contributed by atoms with Crippen LogP contribution in [0.15, 0.2) is 12.7 Å². The van der Waals surface area contributed by atoms with Crippen molar-refractivity contribution in [3.05, 3.63) is 12.7 Å². The first-order chi connectivity index (χ1) is 6.26. The zero-order chi connectivity index (χ0) is 9.68. The summed E-state index contributed by atoms with van der Waals surface area (Å²) in [7, 11) is 1.69. The number of hydrogen-bond donors (Lipinski definition) is 1. The van der Waals surface area contributed by atoms with E-state index in [-0.39, 0.29) is 12.4 Å². The van der Waals surface area contributed by atoms with Crippen molar-refractivity contribution in [3.8, 4) is 0 Å². The normalized spacial score (nSPS) is 34.5. The first-order valence-electron chi connectivity index (χ1n) is 4.78. The van der Waals surface area contributed by atoms with Crippen LogP contribution in [0.1, 0.15) is 19.8 Å². The largest absolute Gasteiger partial charge is 0.356 e. The number of nitrogens with one attached hydrogen (secondary N) is 1. The van der Waals surface area contributed by atoms with E-state index < -0.39 is 0 Å². The molecule has 0 aromatic heterocycles. The molecule has 0 saturated carbocycles. The quantitative estimate of drug-likeness (QED) is 0.670. The molecule has 76 valence electrons. The summed E-state index contributed by atoms with van der Waals surface area (Å²) in [5.74, 6) is 0. The smallest absolute Gasteiger partial charge is 0.159 e. The maximum absolute atomic E-state index is 5.56. The van der Waals surface area contributed by atoms with Crippen LogP contribution in [0.3, 0.4) is 0 Å². The monoisotopic (exact) mass is 185 g/mol. The number of hydrogen-bond acceptors (Lipinski definition) is 3. The lowest BCUT2D eigenvalue weighted by atomic mass is 10.0. The van der Waals surface area contributed by atoms with Crippen LogP contribution in [0.4, 0.5) is 0 Å². The predicted molar refractivity (Wildman–Crippen MR) is 52.6 cm³/mol. The molecule has 1 heterocycles. The van der Waals surface area contributed by atoms with Gasteiger partial charge in [0.25, 0.3) is 0 Å². The molecule has 3 heteroatoms. The van der Waals surface area contributed by atoms with Crippen molar-refractivity contribution in [3.63, 3.8) is 0 Å². The van der Waals surface area contributed by atoms with Gasteiger partial charge in [-0.05, 0) is 13.3 Å². The summed E-state index contributed by atoms with van der Waals surface area (Å²) in [5.41, 5.74) is 0. The van der Waals surface area contributed by atoms with Crippen LogP contribution in [-0.4, -0.2) is 32.1 Å². The number of rotatable bonds is 4. The average molecular weight is 185 g/mol. The molecule has 13 heavy (non-hydrogen) atoms. The van der Waals surface area contributed by atoms with Crippen LogP contribution in [0.25, 0.3) is 0 Å². The molecule has 0 aromatic carbocycles. The van der Waals surface area contributed by atoms with Gasteiger partial charge >= 0.3 is 0 Å². The molecule has 0 radical (unpaired) electrons. The second-order valence-corrected chi connectivity index (χ2v) is 3.48. The number of ether oxygens (including phenoxy) is 2. The van der Waals surface area contributed by atoms with Gasteiger partial charge in [-0.25, -0.2) is 0 Å². The Morgan fingerprint density at radius 1 is 1.62 bits per heavy atom. The van der Waals surface area contributed by atoms with Gasteiger partial charge in [-0.2, -0.15) is 0 Å². The van der Waals surface area contributed by atoms with Crippen LogP contribution in [-0.2, 0) is 9.47 Å². The Morgan fingerprint density at radius 3 is 3.00 bits per heavy atom. The van der Waals surface area contributed by atoms with E-state index in [1.165, 1.54) is 0 Å². The molecule has 3 unspecified atom stereocenters. The van der Waals surface area contributed by atoms with Crippen molar-refractivity contribution in [2.75, 3.05) is 13.7 Å². The minimum absolute atomic E-state index is 0.0499. The first-order valence-corrected chi connectivity index (χ1v) is 4.78. The molecule has 1 saturated heterocycles. The highest BCUT2D eigenvalue weighted by molar-refractivity contribution is 4.80. The van der Waals surface area contributed by atoms with Gasteiger partial charge < -0.3 is 14.8 Å². The molecule has 1 fully saturated rings. The molecule has 1 rings (SSSR count). The molecule has 1 N–H and O–H groups in total. The van der Waals surface area contributed by atoms with E-state index in [4.69, 9.17) is 9.47 Å². The summed E-state index contributed by atoms with van der Waals surface area (Å²) in [4.78, 5) is 0. The Hall–Kier alpha value is -0.380. The SMILES string of the molecule is C=CCNC1CC(C)OC(OC)C1. The molecule has 0 aromatic rings. The molecule has 0 aliphatic carbocycles. The fourth-order valence-electron chi connectivity index (χ4n) is 1.67. The summed E-state index contributed by atoms with van der Waals surface area (Å²) < 4.78 is 10.7. The predicted octanol–water partition coefficient (Wildman–Crippen LogP) is 1.30. The second kappa shape index (κ2) is 5.37. The lowest BCUT2D eigenvalue weighted by Gasteiger charge is -2.33. The van der Waals surface area contributed by atoms with Crippen LogP contribution in [0.5, 0.6) is 0 Å². The topological polar surface area (TPSA) is 30.5 Å². The van der Waals surface area contributed by atoms with Crippen molar-refractivity contribution < 1.29 is 9.47 Å². The van der Waals surface area contributed by atoms with E-state index in [0.717, 1.165) is 19.4 Å². The zero-order valence-corrected chi connectivity index (χ0v) is 8.45. The van der Waals surface area contributed by atoms with E-state index in [9.17, 15) is 0 Å². The van der Waals surface area contributed by atoms with Crippen molar-refractivity contribution in [1.29, 1.82) is 0 Å². The summed E-state index contributed by atoms with van der Waals surface area (Å²) >= 11 is 0. The third-order valence-corrected chi connectivity index (χ3v) is 2.29. The van der Waals surface area contributed by atoms with E-state index in [0.29, 0.717) is 6.04 Å². The van der Waals surface area contributed by atoms with Gasteiger partial charge in [0.2, 0.25) is 0 Å². The zero-order valence-electron chi connectivity index (χ0n) is 8.45. The molecule has 0 amide bonds. The van der Waals surface area contributed by atoms with E-state index >= 15 is 0 Å². The van der Waals surface area contributed by atoms with Crippen molar-refractivity contribution in [2.24, 2.45) is 0 Å². The van der Waals surface area contributed by atoms with Gasteiger partial charge in [-0.3, -0.25) is 0 Å². The Bertz CT molecular complexity index is 161. The maximum atomic E-state index is 5.56. The third-order valence-electron chi connectivity index (χ3n) is 2.29. The number of methoxy groups -OCH3 is 1. The molecular weight excluding hydrogens is 166 g/mol. The molecule has 0 spiro atoms. The Kier molecular flexibility index (Phi) is 4.42. The Labute approximate surface area is 80.1 Å². The van der Waals surface area contributed by atoms with Gasteiger partial charge in [-0.15, -0.1) is 6.58 Å². The summed E-state index contributed by atoms with van der Waals surface area (Å²) in [6, 6.07) is 0.492. The lowest BCUT2D eigenvalue weighted by molar-refractivity contribution is -0.181. The van der Waals surface area contributed by atoms with Crippen molar-refractivity contribution in [2.45, 2.75) is 38.2 Å². The molecule has 0 bridgehead atoms. The fourth-order valence-corrected chi connectivity index (χ4v) is 1.67. The van der Waals surface area contributed by atoms with Crippen LogP contribution >= 0.6 is 0 Å². The standard InChI is InChI=1S/C10H19NO2/c1-4-5-11-9-6-8(2)13-10(7-9)12-3/h4,8-11H,1,5-7H2,2-3H3. The fraction of sp³-hybridized carbons (Fsp3) is 0.800. The highest BCUT2D eigenvalue weighted by Crippen LogP contribution is 2.19. The average Bonchev–Trinajstić information content (AvgIpc) is 2.14. The minimum Gasteiger partial charge on any atom is -0.356 e. The van der Waals surface area contributed by atoms with E-state index in [2.05, 4.69) is 18.8 Å². The maximum Gasteiger partial charge on any atom is 0.159 e. The molecule has 3 nitrogen and oxygen atoms in total. The summed E-state index contributed by atoms with van der Waals surface area (Å²) in [6.07, 6.45) is 4.08. The van der Waals surface area contributed by atoms with E-state index in [1.54, 1.807) is 7.11 Å². The first kappa shape index (κ1) is 10.7. The van der Waals surface area contributed by atoms with Gasteiger partial charge in [0.1, 0.15) is 0 Å². The van der Waals surface area contributed by atoms with Crippen LogP contribution in [0.2, 0.25) is 0 Å². The van der Waals surface area contributed by atoms with E-state index in [1.807, 2.05) is 6.08 Å². The molecule has 3 atom stereocenters. The second-order valence-electron chi connectivity index (χ2n) is 3.48. The summed E-state index contributed by atoms with van der Waals surface area (Å²) in [5, 5.41) is 3.39. The van der Waals surface area contributed by atoms with Gasteiger partial charge in [0, 0.05) is 26.1 Å². The van der Waals surface area contributed by atoms with Crippen LogP contribution in [0, 0.1) is 0 Å². The Morgan fingerprint density at radius 2 is 2.38 bits per heavy atom. The van der Waals surface area contributed by atoms with Gasteiger partial charge in [0.15, 0.2) is 6.29 Å². The highest BCUT2D eigenvalue weighted by atomic mass is 16.7. The highest BCUT2D eigenvalue weighted by Gasteiger charge is 2.26.